The number of rotatable bonds is 3. The number of amides is 1. The number of phenols is 1. The molecule has 124 valence electrons. The van der Waals surface area contributed by atoms with Gasteiger partial charge in [0, 0.05) is 11.1 Å². The van der Waals surface area contributed by atoms with Crippen LogP contribution in [0.5, 0.6) is 5.75 Å². The van der Waals surface area contributed by atoms with Crippen molar-refractivity contribution in [2.75, 3.05) is 5.75 Å². The van der Waals surface area contributed by atoms with Crippen molar-refractivity contribution in [3.05, 3.63) is 65.5 Å². The highest BCUT2D eigenvalue weighted by atomic mass is 32.2. The van der Waals surface area contributed by atoms with E-state index in [-0.39, 0.29) is 33.2 Å². The van der Waals surface area contributed by atoms with Crippen molar-refractivity contribution in [1.82, 2.24) is 10.9 Å². The molecule has 3 N–H and O–H groups in total. The van der Waals surface area contributed by atoms with Gasteiger partial charge in [-0.15, -0.1) is 0 Å². The number of hydrogen-bond acceptors (Lipinski definition) is 5. The number of carbonyl (C=O) groups excluding carboxylic acids is 1. The lowest BCUT2D eigenvalue weighted by atomic mass is 10.1. The molecule has 0 bridgehead atoms. The van der Waals surface area contributed by atoms with Gasteiger partial charge in [-0.25, -0.2) is 12.8 Å². The summed E-state index contributed by atoms with van der Waals surface area (Å²) in [7, 11) is -3.52. The second-order valence-electron chi connectivity index (χ2n) is 5.17. The summed E-state index contributed by atoms with van der Waals surface area (Å²) in [6, 6.07) is 9.09. The third kappa shape index (κ3) is 3.09. The molecule has 24 heavy (non-hydrogen) atoms. The van der Waals surface area contributed by atoms with Crippen LogP contribution in [-0.4, -0.2) is 25.2 Å². The van der Waals surface area contributed by atoms with E-state index in [1.165, 1.54) is 36.4 Å². The standard InChI is InChI=1S/C16H13FN2O4S/c17-11-4-5-15-13(9-11)14(6-7-24(15,22)23)18-19-16(21)10-2-1-3-12(20)8-10/h1-6,8-9,18,20H,7H2,(H,19,21). The van der Waals surface area contributed by atoms with Gasteiger partial charge in [0.25, 0.3) is 5.91 Å². The van der Waals surface area contributed by atoms with Crippen LogP contribution in [0.25, 0.3) is 5.70 Å². The monoisotopic (exact) mass is 348 g/mol. The molecule has 0 spiro atoms. The Morgan fingerprint density at radius 2 is 1.96 bits per heavy atom. The van der Waals surface area contributed by atoms with Gasteiger partial charge in [0.05, 0.1) is 16.3 Å². The summed E-state index contributed by atoms with van der Waals surface area (Å²) in [5.41, 5.74) is 5.66. The largest absolute Gasteiger partial charge is 0.508 e. The molecule has 0 saturated heterocycles. The molecule has 2 aromatic carbocycles. The van der Waals surface area contributed by atoms with Gasteiger partial charge >= 0.3 is 0 Å². The number of nitrogens with one attached hydrogen (secondary N) is 2. The van der Waals surface area contributed by atoms with Gasteiger partial charge < -0.3 is 5.11 Å². The lowest BCUT2D eigenvalue weighted by Crippen LogP contribution is -2.37. The zero-order valence-electron chi connectivity index (χ0n) is 12.3. The van der Waals surface area contributed by atoms with Crippen LogP contribution in [0.1, 0.15) is 15.9 Å². The lowest BCUT2D eigenvalue weighted by molar-refractivity contribution is 0.0942. The molecule has 3 rings (SSSR count). The number of fused-ring (bicyclic) bond motifs is 1. The number of carbonyl (C=O) groups is 1. The lowest BCUT2D eigenvalue weighted by Gasteiger charge is -2.19. The van der Waals surface area contributed by atoms with Crippen LogP contribution >= 0.6 is 0 Å². The molecule has 1 heterocycles. The molecule has 0 fully saturated rings. The van der Waals surface area contributed by atoms with Crippen LogP contribution in [-0.2, 0) is 9.84 Å². The molecule has 2 aromatic rings. The average Bonchev–Trinajstić information content (AvgIpc) is 2.53. The first-order valence-electron chi connectivity index (χ1n) is 6.95. The maximum atomic E-state index is 13.5. The molecule has 6 nitrogen and oxygen atoms in total. The predicted octanol–water partition coefficient (Wildman–Crippen LogP) is 1.59. The molecule has 0 saturated carbocycles. The van der Waals surface area contributed by atoms with E-state index in [1.54, 1.807) is 0 Å². The first-order valence-corrected chi connectivity index (χ1v) is 8.60. The molecule has 0 unspecified atom stereocenters. The Bertz CT molecular complexity index is 954. The van der Waals surface area contributed by atoms with Gasteiger partial charge in [0.2, 0.25) is 0 Å². The molecular weight excluding hydrogens is 335 g/mol. The second kappa shape index (κ2) is 5.97. The number of sulfone groups is 1. The van der Waals surface area contributed by atoms with E-state index < -0.39 is 21.6 Å². The zero-order chi connectivity index (χ0) is 17.3. The van der Waals surface area contributed by atoms with Crippen LogP contribution in [0.4, 0.5) is 4.39 Å². The fourth-order valence-electron chi connectivity index (χ4n) is 2.34. The maximum absolute atomic E-state index is 13.5. The third-order valence-corrected chi connectivity index (χ3v) is 5.12. The van der Waals surface area contributed by atoms with E-state index in [1.807, 2.05) is 0 Å². The molecule has 8 heteroatoms. The van der Waals surface area contributed by atoms with E-state index >= 15 is 0 Å². The Balaban J connectivity index is 1.83. The van der Waals surface area contributed by atoms with E-state index in [9.17, 15) is 22.7 Å². The molecule has 0 aliphatic carbocycles. The first kappa shape index (κ1) is 16.0. The van der Waals surface area contributed by atoms with Crippen molar-refractivity contribution in [1.29, 1.82) is 0 Å². The highest BCUT2D eigenvalue weighted by molar-refractivity contribution is 7.91. The summed E-state index contributed by atoms with van der Waals surface area (Å²) in [4.78, 5) is 12.0. The molecular formula is C16H13FN2O4S. The van der Waals surface area contributed by atoms with Gasteiger partial charge in [-0.1, -0.05) is 6.07 Å². The Morgan fingerprint density at radius 3 is 2.71 bits per heavy atom. The van der Waals surface area contributed by atoms with Crippen molar-refractivity contribution in [3.8, 4) is 5.75 Å². The SMILES string of the molecule is O=C(NNC1=CCS(=O)(=O)c2ccc(F)cc21)c1cccc(O)c1. The summed E-state index contributed by atoms with van der Waals surface area (Å²) in [5, 5.41) is 9.38. The summed E-state index contributed by atoms with van der Waals surface area (Å²) in [6.07, 6.45) is 1.36. The molecule has 0 aromatic heterocycles. The van der Waals surface area contributed by atoms with Crippen molar-refractivity contribution in [2.24, 2.45) is 0 Å². The third-order valence-electron chi connectivity index (χ3n) is 3.49. The molecule has 1 amide bonds. The smallest absolute Gasteiger partial charge is 0.269 e. The Morgan fingerprint density at radius 1 is 1.17 bits per heavy atom. The van der Waals surface area contributed by atoms with Crippen LogP contribution in [0.3, 0.4) is 0 Å². The number of phenolic OH excluding ortho intramolecular Hbond substituents is 1. The second-order valence-corrected chi connectivity index (χ2v) is 7.17. The van der Waals surface area contributed by atoms with Crippen LogP contribution in [0, 0.1) is 5.82 Å². The van der Waals surface area contributed by atoms with Crippen LogP contribution in [0.2, 0.25) is 0 Å². The maximum Gasteiger partial charge on any atom is 0.269 e. The van der Waals surface area contributed by atoms with Crippen molar-refractivity contribution in [3.63, 3.8) is 0 Å². The van der Waals surface area contributed by atoms with E-state index in [2.05, 4.69) is 10.9 Å². The van der Waals surface area contributed by atoms with Crippen LogP contribution in [0.15, 0.2) is 53.4 Å². The quantitative estimate of drug-likeness (QED) is 0.578. The van der Waals surface area contributed by atoms with Gasteiger partial charge in [-0.2, -0.15) is 0 Å². The van der Waals surface area contributed by atoms with Gasteiger partial charge in [0.1, 0.15) is 11.6 Å². The minimum absolute atomic E-state index is 0.000467. The Labute approximate surface area is 137 Å². The summed E-state index contributed by atoms with van der Waals surface area (Å²) < 4.78 is 37.5. The van der Waals surface area contributed by atoms with E-state index in [4.69, 9.17) is 0 Å². The van der Waals surface area contributed by atoms with Gasteiger partial charge in [-0.05, 0) is 42.5 Å². The normalized spacial score (nSPS) is 15.1. The Kier molecular flexibility index (Phi) is 3.98. The molecule has 1 aliphatic heterocycles. The first-order chi connectivity index (χ1) is 11.4. The fraction of sp³-hybridized carbons (Fsp3) is 0.0625. The zero-order valence-corrected chi connectivity index (χ0v) is 13.1. The molecule has 0 atom stereocenters. The van der Waals surface area contributed by atoms with Crippen molar-refractivity contribution < 1.29 is 22.7 Å². The van der Waals surface area contributed by atoms with Crippen molar-refractivity contribution in [2.45, 2.75) is 4.90 Å². The van der Waals surface area contributed by atoms with Gasteiger partial charge in [-0.3, -0.25) is 15.6 Å². The number of hydrazine groups is 1. The molecule has 1 aliphatic rings. The van der Waals surface area contributed by atoms with E-state index in [0.29, 0.717) is 0 Å². The highest BCUT2D eigenvalue weighted by Gasteiger charge is 2.25. The Hall–Kier alpha value is -2.87. The fourth-order valence-corrected chi connectivity index (χ4v) is 3.68. The number of aromatic hydroxyl groups is 1. The average molecular weight is 348 g/mol. The van der Waals surface area contributed by atoms with Gasteiger partial charge in [0.15, 0.2) is 9.84 Å². The number of halogens is 1. The summed E-state index contributed by atoms with van der Waals surface area (Å²) in [6.45, 7) is 0. The number of benzene rings is 2. The predicted molar refractivity (Wildman–Crippen MR) is 85.1 cm³/mol. The van der Waals surface area contributed by atoms with E-state index in [0.717, 1.165) is 12.1 Å². The minimum Gasteiger partial charge on any atom is -0.508 e. The number of hydrogen-bond donors (Lipinski definition) is 3. The summed E-state index contributed by atoms with van der Waals surface area (Å²) in [5.74, 6) is -1.43. The topological polar surface area (TPSA) is 95.5 Å². The van der Waals surface area contributed by atoms with Crippen LogP contribution < -0.4 is 10.9 Å². The van der Waals surface area contributed by atoms with Crippen molar-refractivity contribution >= 4 is 21.4 Å². The molecule has 0 radical (unpaired) electrons. The minimum atomic E-state index is -3.52. The highest BCUT2D eigenvalue weighted by Crippen LogP contribution is 2.28. The summed E-state index contributed by atoms with van der Waals surface area (Å²) >= 11 is 0.